The highest BCUT2D eigenvalue weighted by Crippen LogP contribution is 2.29. The van der Waals surface area contributed by atoms with Crippen molar-refractivity contribution < 1.29 is 17.9 Å². The molecule has 2 aromatic carbocycles. The zero-order chi connectivity index (χ0) is 20.2. The zero-order valence-electron chi connectivity index (χ0n) is 15.6. The summed E-state index contributed by atoms with van der Waals surface area (Å²) >= 11 is 3.32. The number of rotatable bonds is 7. The van der Waals surface area contributed by atoms with Gasteiger partial charge in [-0.25, -0.2) is 8.42 Å². The van der Waals surface area contributed by atoms with Crippen LogP contribution in [0.3, 0.4) is 0 Å². The zero-order valence-corrected chi connectivity index (χ0v) is 18.0. The van der Waals surface area contributed by atoms with Gasteiger partial charge in [-0.05, 0) is 65.2 Å². The van der Waals surface area contributed by atoms with Crippen LogP contribution in [0.25, 0.3) is 0 Å². The lowest BCUT2D eigenvalue weighted by atomic mass is 10.1. The van der Waals surface area contributed by atoms with Gasteiger partial charge in [0.15, 0.2) is 0 Å². The molecule has 27 heavy (non-hydrogen) atoms. The van der Waals surface area contributed by atoms with Gasteiger partial charge in [-0.2, -0.15) is 0 Å². The molecule has 8 heteroatoms. The van der Waals surface area contributed by atoms with Crippen LogP contribution >= 0.6 is 15.9 Å². The van der Waals surface area contributed by atoms with E-state index in [1.54, 1.807) is 30.3 Å². The molecule has 1 unspecified atom stereocenters. The van der Waals surface area contributed by atoms with Crippen LogP contribution in [0.4, 0.5) is 5.69 Å². The molecule has 0 saturated heterocycles. The molecule has 146 valence electrons. The number of hydrogen-bond donors (Lipinski definition) is 2. The van der Waals surface area contributed by atoms with Crippen molar-refractivity contribution in [2.45, 2.75) is 31.7 Å². The number of anilines is 1. The lowest BCUT2D eigenvalue weighted by Crippen LogP contribution is -2.36. The van der Waals surface area contributed by atoms with Crippen molar-refractivity contribution >= 4 is 37.5 Å². The fourth-order valence-corrected chi connectivity index (χ4v) is 3.84. The minimum Gasteiger partial charge on any atom is -0.496 e. The van der Waals surface area contributed by atoms with Gasteiger partial charge >= 0.3 is 0 Å². The first kappa shape index (κ1) is 21.2. The summed E-state index contributed by atoms with van der Waals surface area (Å²) in [5.41, 5.74) is 0.673. The number of nitrogens with one attached hydrogen (secondary N) is 2. The molecule has 1 atom stereocenters. The summed E-state index contributed by atoms with van der Waals surface area (Å²) in [4.78, 5) is 12.4. The van der Waals surface area contributed by atoms with Crippen LogP contribution in [0.5, 0.6) is 5.75 Å². The van der Waals surface area contributed by atoms with Crippen molar-refractivity contribution in [1.29, 1.82) is 0 Å². The number of methoxy groups -OCH3 is 1. The molecule has 0 heterocycles. The number of amides is 1. The van der Waals surface area contributed by atoms with Gasteiger partial charge in [0.05, 0.1) is 22.2 Å². The monoisotopic (exact) mass is 454 g/mol. The van der Waals surface area contributed by atoms with Gasteiger partial charge in [0.1, 0.15) is 5.75 Å². The molecule has 2 rings (SSSR count). The molecule has 0 spiro atoms. The Morgan fingerprint density at radius 1 is 1.11 bits per heavy atom. The van der Waals surface area contributed by atoms with E-state index in [-0.39, 0.29) is 22.8 Å². The van der Waals surface area contributed by atoms with Crippen LogP contribution in [0.2, 0.25) is 0 Å². The Labute approximate surface area is 168 Å². The third-order valence-electron chi connectivity index (χ3n) is 4.17. The second kappa shape index (κ2) is 8.75. The summed E-state index contributed by atoms with van der Waals surface area (Å²) in [6.07, 6.45) is 0. The van der Waals surface area contributed by atoms with E-state index in [4.69, 9.17) is 4.74 Å². The Kier molecular flexibility index (Phi) is 6.89. The van der Waals surface area contributed by atoms with Crippen molar-refractivity contribution in [3.05, 3.63) is 52.5 Å². The molecule has 2 N–H and O–H groups in total. The molecule has 0 aliphatic carbocycles. The largest absolute Gasteiger partial charge is 0.496 e. The fourth-order valence-electron chi connectivity index (χ4n) is 2.21. The van der Waals surface area contributed by atoms with Crippen LogP contribution < -0.4 is 14.8 Å². The molecule has 0 aliphatic heterocycles. The molecule has 2 aromatic rings. The highest BCUT2D eigenvalue weighted by molar-refractivity contribution is 9.10. The number of hydrogen-bond acceptors (Lipinski definition) is 4. The van der Waals surface area contributed by atoms with Crippen molar-refractivity contribution in [2.24, 2.45) is 5.92 Å². The first-order chi connectivity index (χ1) is 12.6. The SMILES string of the molecule is COc1ccc(NS(=O)(=O)c2cccc(C(=O)NC(C)C(C)C)c2)cc1Br. The van der Waals surface area contributed by atoms with Crippen molar-refractivity contribution in [1.82, 2.24) is 5.32 Å². The highest BCUT2D eigenvalue weighted by Gasteiger charge is 2.18. The third kappa shape index (κ3) is 5.46. The number of halogens is 1. The minimum atomic E-state index is -3.84. The maximum Gasteiger partial charge on any atom is 0.261 e. The summed E-state index contributed by atoms with van der Waals surface area (Å²) < 4.78 is 33.6. The lowest BCUT2D eigenvalue weighted by molar-refractivity contribution is 0.0930. The lowest BCUT2D eigenvalue weighted by Gasteiger charge is -2.17. The number of carbonyl (C=O) groups excluding carboxylic acids is 1. The highest BCUT2D eigenvalue weighted by atomic mass is 79.9. The Morgan fingerprint density at radius 3 is 2.41 bits per heavy atom. The Balaban J connectivity index is 2.24. The van der Waals surface area contributed by atoms with Crippen LogP contribution in [-0.4, -0.2) is 27.5 Å². The molecule has 0 radical (unpaired) electrons. The second-order valence-corrected chi connectivity index (χ2v) is 9.03. The summed E-state index contributed by atoms with van der Waals surface area (Å²) in [6, 6.07) is 10.8. The average Bonchev–Trinajstić information content (AvgIpc) is 2.61. The smallest absolute Gasteiger partial charge is 0.261 e. The van der Waals surface area contributed by atoms with Crippen LogP contribution in [0, 0.1) is 5.92 Å². The molecule has 6 nitrogen and oxygen atoms in total. The van der Waals surface area contributed by atoms with Crippen molar-refractivity contribution in [3.63, 3.8) is 0 Å². The van der Waals surface area contributed by atoms with Gasteiger partial charge < -0.3 is 10.1 Å². The first-order valence-electron chi connectivity index (χ1n) is 8.41. The Hall–Kier alpha value is -2.06. The van der Waals surface area contributed by atoms with Gasteiger partial charge in [-0.1, -0.05) is 19.9 Å². The van der Waals surface area contributed by atoms with Crippen molar-refractivity contribution in [2.75, 3.05) is 11.8 Å². The van der Waals surface area contributed by atoms with E-state index in [0.29, 0.717) is 21.5 Å². The van der Waals surface area contributed by atoms with Gasteiger partial charge in [0, 0.05) is 11.6 Å². The average molecular weight is 455 g/mol. The molecule has 0 bridgehead atoms. The maximum absolute atomic E-state index is 12.7. The standard InChI is InChI=1S/C19H23BrN2O4S/c1-12(2)13(3)21-19(23)14-6-5-7-16(10-14)27(24,25)22-15-8-9-18(26-4)17(20)11-15/h5-13,22H,1-4H3,(H,21,23). The van der Waals surface area contributed by atoms with Crippen LogP contribution in [0.1, 0.15) is 31.1 Å². The van der Waals surface area contributed by atoms with Crippen LogP contribution in [-0.2, 0) is 10.0 Å². The predicted molar refractivity (Wildman–Crippen MR) is 110 cm³/mol. The van der Waals surface area contributed by atoms with E-state index < -0.39 is 10.0 Å². The van der Waals surface area contributed by atoms with E-state index in [1.165, 1.54) is 19.2 Å². The molecular formula is C19H23BrN2O4S. The molecule has 0 fully saturated rings. The summed E-state index contributed by atoms with van der Waals surface area (Å²) in [5.74, 6) is 0.562. The quantitative estimate of drug-likeness (QED) is 0.660. The summed E-state index contributed by atoms with van der Waals surface area (Å²) in [7, 11) is -2.31. The maximum atomic E-state index is 12.7. The molecule has 1 amide bonds. The number of sulfonamides is 1. The minimum absolute atomic E-state index is 0.0132. The van der Waals surface area contributed by atoms with E-state index in [9.17, 15) is 13.2 Å². The molecule has 0 aliphatic rings. The summed E-state index contributed by atoms with van der Waals surface area (Å²) in [5, 5.41) is 2.87. The Bertz CT molecular complexity index is 929. The molecule has 0 aromatic heterocycles. The second-order valence-electron chi connectivity index (χ2n) is 6.49. The first-order valence-corrected chi connectivity index (χ1v) is 10.7. The van der Waals surface area contributed by atoms with Gasteiger partial charge in [0.25, 0.3) is 15.9 Å². The predicted octanol–water partition coefficient (Wildman–Crippen LogP) is 4.03. The third-order valence-corrected chi connectivity index (χ3v) is 6.17. The van der Waals surface area contributed by atoms with Crippen molar-refractivity contribution in [3.8, 4) is 5.75 Å². The Morgan fingerprint density at radius 2 is 1.81 bits per heavy atom. The fraction of sp³-hybridized carbons (Fsp3) is 0.316. The van der Waals surface area contributed by atoms with Gasteiger partial charge in [-0.3, -0.25) is 9.52 Å². The number of ether oxygens (including phenoxy) is 1. The number of benzene rings is 2. The van der Waals surface area contributed by atoms with E-state index in [1.807, 2.05) is 20.8 Å². The van der Waals surface area contributed by atoms with E-state index >= 15 is 0 Å². The topological polar surface area (TPSA) is 84.5 Å². The molecular weight excluding hydrogens is 432 g/mol. The van der Waals surface area contributed by atoms with E-state index in [2.05, 4.69) is 26.0 Å². The van der Waals surface area contributed by atoms with Crippen LogP contribution in [0.15, 0.2) is 51.8 Å². The number of carbonyl (C=O) groups is 1. The van der Waals surface area contributed by atoms with Gasteiger partial charge in [-0.15, -0.1) is 0 Å². The molecule has 0 saturated carbocycles. The normalized spacial score (nSPS) is 12.5. The van der Waals surface area contributed by atoms with Gasteiger partial charge in [0.2, 0.25) is 0 Å². The van der Waals surface area contributed by atoms with E-state index in [0.717, 1.165) is 0 Å². The summed E-state index contributed by atoms with van der Waals surface area (Å²) in [6.45, 7) is 5.91.